The Morgan fingerprint density at radius 1 is 1.18 bits per heavy atom. The highest BCUT2D eigenvalue weighted by molar-refractivity contribution is 9.10. The van der Waals surface area contributed by atoms with Crippen molar-refractivity contribution >= 4 is 49.0 Å². The van der Waals surface area contributed by atoms with Crippen LogP contribution < -0.4 is 5.32 Å². The maximum Gasteiger partial charge on any atom is 0.242 e. The molecule has 1 N–H and O–H groups in total. The fourth-order valence-corrected chi connectivity index (χ4v) is 3.57. The normalized spacial score (nSPS) is 12.7. The Morgan fingerprint density at radius 2 is 1.82 bits per heavy atom. The zero-order valence-electron chi connectivity index (χ0n) is 11.6. The van der Waals surface area contributed by atoms with Crippen molar-refractivity contribution in [2.75, 3.05) is 5.32 Å². The lowest BCUT2D eigenvalue weighted by Crippen LogP contribution is -2.32. The van der Waals surface area contributed by atoms with E-state index in [2.05, 4.69) is 21.2 Å². The average Bonchev–Trinajstić information content (AvgIpc) is 2.46. The quantitative estimate of drug-likeness (QED) is 0.843. The first-order chi connectivity index (χ1) is 10.3. The number of hydrogen-bond donors (Lipinski definition) is 1. The van der Waals surface area contributed by atoms with Crippen LogP contribution in [0.5, 0.6) is 0 Å². The van der Waals surface area contributed by atoms with Crippen molar-refractivity contribution in [3.63, 3.8) is 0 Å². The molecule has 2 aromatic rings. The highest BCUT2D eigenvalue weighted by Gasteiger charge is 2.29. The summed E-state index contributed by atoms with van der Waals surface area (Å²) in [6, 6.07) is 12.7. The fraction of sp³-hybridized carbons (Fsp3) is 0.133. The maximum atomic E-state index is 12.4. The van der Waals surface area contributed by atoms with E-state index in [1.807, 2.05) is 6.07 Å². The minimum Gasteiger partial charge on any atom is -0.325 e. The van der Waals surface area contributed by atoms with Crippen molar-refractivity contribution in [1.29, 1.82) is 0 Å². The van der Waals surface area contributed by atoms with Gasteiger partial charge in [-0.2, -0.15) is 0 Å². The van der Waals surface area contributed by atoms with E-state index >= 15 is 0 Å². The first kappa shape index (κ1) is 17.0. The standard InChI is InChI=1S/C15H13BrClNO3S/c1-10(15(19)18-13-4-2-3-11(16)9-13)22(20,21)14-7-5-12(17)6-8-14/h2-10H,1H3,(H,18,19)/t10-/m1/s1. The molecule has 0 unspecified atom stereocenters. The van der Waals surface area contributed by atoms with Gasteiger partial charge in [0.15, 0.2) is 9.84 Å². The topological polar surface area (TPSA) is 63.2 Å². The number of halogens is 2. The lowest BCUT2D eigenvalue weighted by atomic mass is 10.3. The molecule has 4 nitrogen and oxygen atoms in total. The molecular weight excluding hydrogens is 390 g/mol. The molecule has 0 spiro atoms. The van der Waals surface area contributed by atoms with Crippen molar-refractivity contribution in [3.8, 4) is 0 Å². The third kappa shape index (κ3) is 3.88. The molecule has 0 aromatic heterocycles. The minimum atomic E-state index is -3.77. The van der Waals surface area contributed by atoms with Gasteiger partial charge in [0.25, 0.3) is 0 Å². The van der Waals surface area contributed by atoms with Gasteiger partial charge < -0.3 is 5.32 Å². The van der Waals surface area contributed by atoms with E-state index in [4.69, 9.17) is 11.6 Å². The molecule has 116 valence electrons. The third-order valence-corrected chi connectivity index (χ3v) is 5.89. The molecule has 0 aliphatic rings. The van der Waals surface area contributed by atoms with Crippen LogP contribution in [0.1, 0.15) is 6.92 Å². The summed E-state index contributed by atoms with van der Waals surface area (Å²) in [4.78, 5) is 12.2. The highest BCUT2D eigenvalue weighted by Crippen LogP contribution is 2.21. The summed E-state index contributed by atoms with van der Waals surface area (Å²) >= 11 is 9.04. The van der Waals surface area contributed by atoms with Crippen LogP contribution in [-0.4, -0.2) is 19.6 Å². The van der Waals surface area contributed by atoms with Crippen LogP contribution in [0.4, 0.5) is 5.69 Å². The average molecular weight is 403 g/mol. The Morgan fingerprint density at radius 3 is 2.41 bits per heavy atom. The van der Waals surface area contributed by atoms with Crippen molar-refractivity contribution in [2.24, 2.45) is 0 Å². The molecule has 0 radical (unpaired) electrons. The van der Waals surface area contributed by atoms with Crippen LogP contribution >= 0.6 is 27.5 Å². The van der Waals surface area contributed by atoms with Gasteiger partial charge in [-0.05, 0) is 49.4 Å². The highest BCUT2D eigenvalue weighted by atomic mass is 79.9. The Hall–Kier alpha value is -1.37. The van der Waals surface area contributed by atoms with Crippen LogP contribution in [0, 0.1) is 0 Å². The Labute approximate surface area is 142 Å². The molecule has 0 aliphatic carbocycles. The number of carbonyl (C=O) groups excluding carboxylic acids is 1. The van der Waals surface area contributed by atoms with Gasteiger partial charge in [0.05, 0.1) is 4.90 Å². The lowest BCUT2D eigenvalue weighted by molar-refractivity contribution is -0.115. The number of benzene rings is 2. The summed E-state index contributed by atoms with van der Waals surface area (Å²) in [6.45, 7) is 1.36. The van der Waals surface area contributed by atoms with Crippen LogP contribution in [-0.2, 0) is 14.6 Å². The second-order valence-corrected chi connectivity index (χ2v) is 8.26. The number of anilines is 1. The van der Waals surface area contributed by atoms with E-state index in [0.717, 1.165) is 4.47 Å². The second-order valence-electron chi connectivity index (χ2n) is 4.64. The summed E-state index contributed by atoms with van der Waals surface area (Å²) in [5, 5.41) is 1.82. The monoisotopic (exact) mass is 401 g/mol. The SMILES string of the molecule is C[C@H](C(=O)Nc1cccc(Br)c1)S(=O)(=O)c1ccc(Cl)cc1. The third-order valence-electron chi connectivity index (χ3n) is 3.07. The van der Waals surface area contributed by atoms with Gasteiger partial charge in [-0.3, -0.25) is 4.79 Å². The number of hydrogen-bond acceptors (Lipinski definition) is 3. The van der Waals surface area contributed by atoms with Crippen molar-refractivity contribution in [1.82, 2.24) is 0 Å². The van der Waals surface area contributed by atoms with Crippen LogP contribution in [0.3, 0.4) is 0 Å². The molecule has 0 saturated heterocycles. The Bertz CT molecular complexity index is 791. The second kappa shape index (κ2) is 6.81. The van der Waals surface area contributed by atoms with Gasteiger partial charge in [0, 0.05) is 15.2 Å². The van der Waals surface area contributed by atoms with Gasteiger partial charge in [0.1, 0.15) is 5.25 Å². The van der Waals surface area contributed by atoms with E-state index < -0.39 is 21.0 Å². The number of rotatable bonds is 4. The van der Waals surface area contributed by atoms with E-state index in [9.17, 15) is 13.2 Å². The largest absolute Gasteiger partial charge is 0.325 e. The van der Waals surface area contributed by atoms with Gasteiger partial charge in [-0.1, -0.05) is 33.6 Å². The van der Waals surface area contributed by atoms with Crippen molar-refractivity contribution < 1.29 is 13.2 Å². The minimum absolute atomic E-state index is 0.0637. The van der Waals surface area contributed by atoms with Crippen molar-refractivity contribution in [2.45, 2.75) is 17.1 Å². The summed E-state index contributed by atoms with van der Waals surface area (Å²) in [5.41, 5.74) is 0.525. The van der Waals surface area contributed by atoms with Crippen LogP contribution in [0.15, 0.2) is 57.9 Å². The number of amides is 1. The smallest absolute Gasteiger partial charge is 0.242 e. The molecule has 1 atom stereocenters. The Balaban J connectivity index is 2.20. The Kier molecular flexibility index (Phi) is 5.26. The molecule has 0 fully saturated rings. The summed E-state index contributed by atoms with van der Waals surface area (Å²) in [5.74, 6) is -0.590. The summed E-state index contributed by atoms with van der Waals surface area (Å²) in [6.07, 6.45) is 0. The van der Waals surface area contributed by atoms with Gasteiger partial charge >= 0.3 is 0 Å². The molecule has 22 heavy (non-hydrogen) atoms. The van der Waals surface area contributed by atoms with Crippen LogP contribution in [0.25, 0.3) is 0 Å². The first-order valence-electron chi connectivity index (χ1n) is 6.36. The molecule has 0 saturated carbocycles. The molecule has 0 bridgehead atoms. The molecule has 1 amide bonds. The molecular formula is C15H13BrClNO3S. The molecule has 0 aliphatic heterocycles. The summed E-state index contributed by atoms with van der Waals surface area (Å²) < 4.78 is 25.6. The lowest BCUT2D eigenvalue weighted by Gasteiger charge is -2.13. The van der Waals surface area contributed by atoms with Crippen LogP contribution in [0.2, 0.25) is 5.02 Å². The molecule has 2 rings (SSSR count). The maximum absolute atomic E-state index is 12.4. The molecule has 2 aromatic carbocycles. The van der Waals surface area contributed by atoms with E-state index in [1.54, 1.807) is 18.2 Å². The molecule has 0 heterocycles. The number of sulfone groups is 1. The van der Waals surface area contributed by atoms with E-state index in [-0.39, 0.29) is 4.90 Å². The van der Waals surface area contributed by atoms with Gasteiger partial charge in [-0.15, -0.1) is 0 Å². The van der Waals surface area contributed by atoms with Crippen molar-refractivity contribution in [3.05, 3.63) is 58.0 Å². The van der Waals surface area contributed by atoms with E-state index in [1.165, 1.54) is 31.2 Å². The number of carbonyl (C=O) groups is 1. The zero-order chi connectivity index (χ0) is 16.3. The summed E-state index contributed by atoms with van der Waals surface area (Å²) in [7, 11) is -3.77. The predicted molar refractivity (Wildman–Crippen MR) is 90.9 cm³/mol. The van der Waals surface area contributed by atoms with Gasteiger partial charge in [-0.25, -0.2) is 8.42 Å². The number of nitrogens with one attached hydrogen (secondary N) is 1. The zero-order valence-corrected chi connectivity index (χ0v) is 14.7. The van der Waals surface area contributed by atoms with Gasteiger partial charge in [0.2, 0.25) is 5.91 Å². The van der Waals surface area contributed by atoms with E-state index in [0.29, 0.717) is 10.7 Å². The predicted octanol–water partition coefficient (Wildman–Crippen LogP) is 3.90. The first-order valence-corrected chi connectivity index (χ1v) is 9.08. The molecule has 7 heteroatoms. The fourth-order valence-electron chi connectivity index (χ4n) is 1.78.